The molecule has 1 rings (SSSR count). The molecular formula is C16H23N. The molecule has 1 nitrogen and oxygen atoms in total. The molecule has 0 heterocycles. The predicted octanol–water partition coefficient (Wildman–Crippen LogP) is 3.30. The third kappa shape index (κ3) is 6.14. The molecule has 0 saturated carbocycles. The van der Waals surface area contributed by atoms with Gasteiger partial charge in [-0.2, -0.15) is 0 Å². The van der Waals surface area contributed by atoms with E-state index in [0.717, 1.165) is 12.8 Å². The summed E-state index contributed by atoms with van der Waals surface area (Å²) in [5.41, 5.74) is 8.74. The summed E-state index contributed by atoms with van der Waals surface area (Å²) in [6.07, 6.45) is 1.67. The number of nitrogens with two attached hydrogens (primary N) is 1. The highest BCUT2D eigenvalue weighted by molar-refractivity contribution is 5.23. The highest BCUT2D eigenvalue weighted by Crippen LogP contribution is 2.11. The van der Waals surface area contributed by atoms with Crippen molar-refractivity contribution in [3.63, 3.8) is 0 Å². The molecule has 1 aromatic carbocycles. The van der Waals surface area contributed by atoms with Crippen molar-refractivity contribution in [1.29, 1.82) is 0 Å². The lowest BCUT2D eigenvalue weighted by Crippen LogP contribution is -2.22. The topological polar surface area (TPSA) is 26.0 Å². The second kappa shape index (κ2) is 5.89. The Morgan fingerprint density at radius 1 is 1.29 bits per heavy atom. The quantitative estimate of drug-likeness (QED) is 0.791. The van der Waals surface area contributed by atoms with E-state index in [2.05, 4.69) is 63.8 Å². The lowest BCUT2D eigenvalue weighted by Gasteiger charge is -2.10. The van der Waals surface area contributed by atoms with Crippen LogP contribution in [-0.4, -0.2) is 6.04 Å². The Hall–Kier alpha value is -1.26. The number of hydrogen-bond acceptors (Lipinski definition) is 1. The van der Waals surface area contributed by atoms with Gasteiger partial charge in [0.25, 0.3) is 0 Å². The Morgan fingerprint density at radius 3 is 2.59 bits per heavy atom. The van der Waals surface area contributed by atoms with Gasteiger partial charge in [-0.15, -0.1) is 5.92 Å². The van der Waals surface area contributed by atoms with Gasteiger partial charge in [0.05, 0.1) is 0 Å². The van der Waals surface area contributed by atoms with Crippen LogP contribution in [0.2, 0.25) is 0 Å². The molecule has 1 aromatic rings. The molecule has 92 valence electrons. The third-order valence-electron chi connectivity index (χ3n) is 2.41. The van der Waals surface area contributed by atoms with Crippen LogP contribution in [0.25, 0.3) is 0 Å². The van der Waals surface area contributed by atoms with Gasteiger partial charge in [0.15, 0.2) is 0 Å². The molecule has 0 aromatic heterocycles. The Labute approximate surface area is 105 Å². The SMILES string of the molecule is Cc1cccc(CC(N)CC#CC(C)(C)C)c1. The van der Waals surface area contributed by atoms with E-state index in [1.54, 1.807) is 0 Å². The molecule has 0 saturated heterocycles. The number of hydrogen-bond donors (Lipinski definition) is 1. The van der Waals surface area contributed by atoms with Crippen molar-refractivity contribution in [2.45, 2.75) is 46.6 Å². The summed E-state index contributed by atoms with van der Waals surface area (Å²) < 4.78 is 0. The average molecular weight is 229 g/mol. The monoisotopic (exact) mass is 229 g/mol. The van der Waals surface area contributed by atoms with Gasteiger partial charge in [0, 0.05) is 17.9 Å². The van der Waals surface area contributed by atoms with Crippen LogP contribution < -0.4 is 5.73 Å². The predicted molar refractivity (Wildman–Crippen MR) is 74.7 cm³/mol. The molecular weight excluding hydrogens is 206 g/mol. The van der Waals surface area contributed by atoms with E-state index in [1.807, 2.05) is 0 Å². The van der Waals surface area contributed by atoms with Crippen molar-refractivity contribution in [3.05, 3.63) is 35.4 Å². The third-order valence-corrected chi connectivity index (χ3v) is 2.41. The molecule has 0 aliphatic heterocycles. The Morgan fingerprint density at radius 2 is 2.00 bits per heavy atom. The summed E-state index contributed by atoms with van der Waals surface area (Å²) in [5.74, 6) is 6.40. The van der Waals surface area contributed by atoms with Crippen molar-refractivity contribution in [1.82, 2.24) is 0 Å². The minimum atomic E-state index is 0.0725. The van der Waals surface area contributed by atoms with Crippen LogP contribution in [0, 0.1) is 24.2 Å². The van der Waals surface area contributed by atoms with Gasteiger partial charge in [0.1, 0.15) is 0 Å². The number of rotatable bonds is 3. The molecule has 0 aliphatic rings. The highest BCUT2D eigenvalue weighted by Gasteiger charge is 2.05. The Balaban J connectivity index is 2.49. The smallest absolute Gasteiger partial charge is 0.0244 e. The number of aryl methyl sites for hydroxylation is 1. The first-order valence-corrected chi connectivity index (χ1v) is 6.18. The van der Waals surface area contributed by atoms with Crippen LogP contribution in [-0.2, 0) is 6.42 Å². The zero-order valence-electron chi connectivity index (χ0n) is 11.4. The van der Waals surface area contributed by atoms with Crippen LogP contribution in [0.3, 0.4) is 0 Å². The van der Waals surface area contributed by atoms with Gasteiger partial charge >= 0.3 is 0 Å². The minimum Gasteiger partial charge on any atom is -0.327 e. The summed E-state index contributed by atoms with van der Waals surface area (Å²) in [4.78, 5) is 0. The maximum atomic E-state index is 6.08. The van der Waals surface area contributed by atoms with Gasteiger partial charge < -0.3 is 5.73 Å². The lowest BCUT2D eigenvalue weighted by atomic mass is 9.97. The number of benzene rings is 1. The van der Waals surface area contributed by atoms with Crippen LogP contribution >= 0.6 is 0 Å². The van der Waals surface area contributed by atoms with Crippen LogP contribution in [0.5, 0.6) is 0 Å². The molecule has 0 aliphatic carbocycles. The van der Waals surface area contributed by atoms with E-state index in [4.69, 9.17) is 5.73 Å². The summed E-state index contributed by atoms with van der Waals surface area (Å²) in [6.45, 7) is 8.46. The van der Waals surface area contributed by atoms with Gasteiger partial charge in [0.2, 0.25) is 0 Å². The van der Waals surface area contributed by atoms with Gasteiger partial charge in [-0.25, -0.2) is 0 Å². The van der Waals surface area contributed by atoms with Crippen molar-refractivity contribution in [2.24, 2.45) is 11.1 Å². The van der Waals surface area contributed by atoms with Crippen molar-refractivity contribution >= 4 is 0 Å². The van der Waals surface area contributed by atoms with Gasteiger partial charge in [-0.3, -0.25) is 0 Å². The van der Waals surface area contributed by atoms with Gasteiger partial charge in [-0.1, -0.05) is 35.7 Å². The highest BCUT2D eigenvalue weighted by atomic mass is 14.6. The summed E-state index contributed by atoms with van der Waals surface area (Å²) in [7, 11) is 0. The minimum absolute atomic E-state index is 0.0725. The van der Waals surface area contributed by atoms with E-state index in [1.165, 1.54) is 11.1 Å². The van der Waals surface area contributed by atoms with E-state index in [0.29, 0.717) is 0 Å². The normalized spacial score (nSPS) is 12.8. The van der Waals surface area contributed by atoms with Crippen LogP contribution in [0.15, 0.2) is 24.3 Å². The van der Waals surface area contributed by atoms with Gasteiger partial charge in [-0.05, 0) is 39.7 Å². The zero-order valence-corrected chi connectivity index (χ0v) is 11.4. The first-order chi connectivity index (χ1) is 7.87. The first kappa shape index (κ1) is 13.8. The molecule has 0 fully saturated rings. The molecule has 1 unspecified atom stereocenters. The zero-order chi connectivity index (χ0) is 12.9. The molecule has 0 spiro atoms. The van der Waals surface area contributed by atoms with E-state index < -0.39 is 0 Å². The van der Waals surface area contributed by atoms with Crippen LogP contribution in [0.4, 0.5) is 0 Å². The van der Waals surface area contributed by atoms with Crippen LogP contribution in [0.1, 0.15) is 38.3 Å². The summed E-state index contributed by atoms with van der Waals surface area (Å²) >= 11 is 0. The molecule has 2 N–H and O–H groups in total. The standard InChI is InChI=1S/C16H23N/c1-13-7-5-8-14(11-13)12-15(17)9-6-10-16(2,3)4/h5,7-8,11,15H,9,12,17H2,1-4H3. The fourth-order valence-corrected chi connectivity index (χ4v) is 1.66. The average Bonchev–Trinajstić information content (AvgIpc) is 2.15. The molecule has 0 amide bonds. The molecule has 0 radical (unpaired) electrons. The Kier molecular flexibility index (Phi) is 4.78. The summed E-state index contributed by atoms with van der Waals surface area (Å²) in [5, 5.41) is 0. The largest absolute Gasteiger partial charge is 0.327 e. The van der Waals surface area contributed by atoms with E-state index >= 15 is 0 Å². The summed E-state index contributed by atoms with van der Waals surface area (Å²) in [6, 6.07) is 8.64. The maximum Gasteiger partial charge on any atom is 0.0244 e. The van der Waals surface area contributed by atoms with Crippen molar-refractivity contribution in [3.8, 4) is 11.8 Å². The first-order valence-electron chi connectivity index (χ1n) is 6.18. The molecule has 17 heavy (non-hydrogen) atoms. The Bertz CT molecular complexity index is 415. The van der Waals surface area contributed by atoms with Crippen molar-refractivity contribution < 1.29 is 0 Å². The second-order valence-corrected chi connectivity index (χ2v) is 5.71. The lowest BCUT2D eigenvalue weighted by molar-refractivity contribution is 0.569. The maximum absolute atomic E-state index is 6.08. The second-order valence-electron chi connectivity index (χ2n) is 5.71. The van der Waals surface area contributed by atoms with Crippen molar-refractivity contribution in [2.75, 3.05) is 0 Å². The molecule has 1 atom stereocenters. The van der Waals surface area contributed by atoms with E-state index in [-0.39, 0.29) is 11.5 Å². The van der Waals surface area contributed by atoms with E-state index in [9.17, 15) is 0 Å². The fraction of sp³-hybridized carbons (Fsp3) is 0.500. The fourth-order valence-electron chi connectivity index (χ4n) is 1.66. The molecule has 0 bridgehead atoms. The molecule has 1 heteroatoms.